The van der Waals surface area contributed by atoms with Crippen LogP contribution in [0.25, 0.3) is 0 Å². The van der Waals surface area contributed by atoms with Crippen LogP contribution in [-0.4, -0.2) is 17.7 Å². The van der Waals surface area contributed by atoms with Crippen molar-refractivity contribution in [3.63, 3.8) is 0 Å². The van der Waals surface area contributed by atoms with Gasteiger partial charge in [0, 0.05) is 0 Å². The lowest BCUT2D eigenvalue weighted by molar-refractivity contribution is -0.142. The highest BCUT2D eigenvalue weighted by atomic mass is 16.5. The van der Waals surface area contributed by atoms with Crippen LogP contribution in [0.1, 0.15) is 49.7 Å². The van der Waals surface area contributed by atoms with Gasteiger partial charge >= 0.3 is 5.97 Å². The lowest BCUT2D eigenvalue weighted by atomic mass is 9.78. The zero-order chi connectivity index (χ0) is 13.8. The number of hydrogen-bond acceptors (Lipinski definition) is 2. The maximum atomic E-state index is 11.0. The van der Waals surface area contributed by atoms with Crippen molar-refractivity contribution in [3.05, 3.63) is 29.3 Å². The average Bonchev–Trinajstić information content (AvgIpc) is 2.41. The zero-order valence-electron chi connectivity index (χ0n) is 11.7. The van der Waals surface area contributed by atoms with Gasteiger partial charge in [-0.15, -0.1) is 0 Å². The first kappa shape index (κ1) is 13.9. The Bertz CT molecular complexity index is 445. The summed E-state index contributed by atoms with van der Waals surface area (Å²) in [5.41, 5.74) is 2.49. The average molecular weight is 262 g/mol. The minimum absolute atomic E-state index is 0.156. The summed E-state index contributed by atoms with van der Waals surface area (Å²) < 4.78 is 5.70. The molecule has 0 atom stereocenters. The maximum Gasteiger partial charge on any atom is 0.306 e. The molecule has 3 heteroatoms. The van der Waals surface area contributed by atoms with Gasteiger partial charge in [-0.2, -0.15) is 0 Å². The molecule has 0 aromatic heterocycles. The van der Waals surface area contributed by atoms with Gasteiger partial charge in [-0.1, -0.05) is 17.7 Å². The largest absolute Gasteiger partial charge is 0.494 e. The Balaban J connectivity index is 2.14. The third kappa shape index (κ3) is 3.28. The molecule has 0 aliphatic heterocycles. The van der Waals surface area contributed by atoms with Crippen molar-refractivity contribution in [2.24, 2.45) is 5.92 Å². The Hall–Kier alpha value is -1.51. The molecule has 1 saturated carbocycles. The van der Waals surface area contributed by atoms with Crippen LogP contribution in [-0.2, 0) is 4.79 Å². The molecular weight excluding hydrogens is 240 g/mol. The molecule has 2 rings (SSSR count). The van der Waals surface area contributed by atoms with Gasteiger partial charge in [-0.05, 0) is 57.1 Å². The number of aliphatic carboxylic acids is 1. The van der Waals surface area contributed by atoms with E-state index in [0.717, 1.165) is 31.4 Å². The molecule has 0 unspecified atom stereocenters. The fourth-order valence-corrected chi connectivity index (χ4v) is 2.93. The second-order valence-corrected chi connectivity index (χ2v) is 5.36. The van der Waals surface area contributed by atoms with Crippen LogP contribution in [0.15, 0.2) is 18.2 Å². The molecule has 1 aromatic rings. The molecule has 0 bridgehead atoms. The van der Waals surface area contributed by atoms with E-state index in [1.807, 2.05) is 13.0 Å². The minimum atomic E-state index is -0.646. The van der Waals surface area contributed by atoms with Crippen LogP contribution in [0.3, 0.4) is 0 Å². The Morgan fingerprint density at radius 1 is 1.32 bits per heavy atom. The Kier molecular flexibility index (Phi) is 4.46. The predicted molar refractivity (Wildman–Crippen MR) is 74.7 cm³/mol. The van der Waals surface area contributed by atoms with Crippen molar-refractivity contribution < 1.29 is 14.6 Å². The minimum Gasteiger partial charge on any atom is -0.494 e. The van der Waals surface area contributed by atoms with Crippen molar-refractivity contribution in [2.45, 2.75) is 45.4 Å². The number of ether oxygens (including phenoxy) is 1. The third-order valence-electron chi connectivity index (χ3n) is 3.98. The van der Waals surface area contributed by atoms with Gasteiger partial charge < -0.3 is 9.84 Å². The molecule has 1 aliphatic carbocycles. The summed E-state index contributed by atoms with van der Waals surface area (Å²) in [4.78, 5) is 11.0. The first-order chi connectivity index (χ1) is 9.11. The highest BCUT2D eigenvalue weighted by molar-refractivity contribution is 5.70. The van der Waals surface area contributed by atoms with E-state index in [1.165, 1.54) is 11.1 Å². The highest BCUT2D eigenvalue weighted by Gasteiger charge is 2.28. The third-order valence-corrected chi connectivity index (χ3v) is 3.98. The van der Waals surface area contributed by atoms with E-state index in [1.54, 1.807) is 0 Å². The van der Waals surface area contributed by atoms with E-state index in [9.17, 15) is 4.79 Å². The number of hydrogen-bond donors (Lipinski definition) is 1. The molecular formula is C16H22O3. The lowest BCUT2D eigenvalue weighted by Crippen LogP contribution is -2.20. The summed E-state index contributed by atoms with van der Waals surface area (Å²) in [6.45, 7) is 4.74. The summed E-state index contributed by atoms with van der Waals surface area (Å²) >= 11 is 0. The molecule has 0 spiro atoms. The predicted octanol–water partition coefficient (Wildman–Crippen LogP) is 3.75. The summed E-state index contributed by atoms with van der Waals surface area (Å²) in [6.07, 6.45) is 3.44. The summed E-state index contributed by atoms with van der Waals surface area (Å²) in [6, 6.07) is 6.30. The number of carboxylic acids is 1. The monoisotopic (exact) mass is 262 g/mol. The molecule has 1 fully saturated rings. The van der Waals surface area contributed by atoms with E-state index in [0.29, 0.717) is 12.5 Å². The van der Waals surface area contributed by atoms with Crippen molar-refractivity contribution in [3.8, 4) is 5.75 Å². The number of aryl methyl sites for hydroxylation is 1. The second kappa shape index (κ2) is 6.09. The topological polar surface area (TPSA) is 46.5 Å². The van der Waals surface area contributed by atoms with Crippen LogP contribution in [0.4, 0.5) is 0 Å². The van der Waals surface area contributed by atoms with Gasteiger partial charge in [0.25, 0.3) is 0 Å². The number of carbonyl (C=O) groups is 1. The van der Waals surface area contributed by atoms with Crippen LogP contribution in [0, 0.1) is 12.8 Å². The number of rotatable bonds is 4. The van der Waals surface area contributed by atoms with E-state index in [2.05, 4.69) is 19.1 Å². The molecule has 0 radical (unpaired) electrons. The van der Waals surface area contributed by atoms with Gasteiger partial charge in [0.15, 0.2) is 0 Å². The number of carboxylic acid groups (broad SMARTS) is 1. The molecule has 19 heavy (non-hydrogen) atoms. The van der Waals surface area contributed by atoms with Gasteiger partial charge in [-0.25, -0.2) is 0 Å². The standard InChI is InChI=1S/C16H22O3/c1-3-19-15-9-4-11(2)10-14(15)12-5-7-13(8-6-12)16(17)18/h4,9-10,12-13H,3,5-8H2,1-2H3,(H,17,18). The molecule has 1 aromatic carbocycles. The summed E-state index contributed by atoms with van der Waals surface area (Å²) in [5, 5.41) is 9.05. The second-order valence-electron chi connectivity index (χ2n) is 5.36. The SMILES string of the molecule is CCOc1ccc(C)cc1C1CCC(C(=O)O)CC1. The molecule has 1 aliphatic rings. The van der Waals surface area contributed by atoms with E-state index in [4.69, 9.17) is 9.84 Å². The molecule has 3 nitrogen and oxygen atoms in total. The lowest BCUT2D eigenvalue weighted by Gasteiger charge is -2.28. The molecule has 0 heterocycles. The van der Waals surface area contributed by atoms with E-state index in [-0.39, 0.29) is 5.92 Å². The molecule has 0 saturated heterocycles. The normalized spacial score (nSPS) is 23.1. The summed E-state index contributed by atoms with van der Waals surface area (Å²) in [5.74, 6) is 0.605. The van der Waals surface area contributed by atoms with Gasteiger partial charge in [0.05, 0.1) is 12.5 Å². The van der Waals surface area contributed by atoms with Crippen molar-refractivity contribution in [1.29, 1.82) is 0 Å². The van der Waals surface area contributed by atoms with E-state index >= 15 is 0 Å². The Morgan fingerprint density at radius 3 is 2.58 bits per heavy atom. The Morgan fingerprint density at radius 2 is 2.00 bits per heavy atom. The van der Waals surface area contributed by atoms with Gasteiger partial charge in [-0.3, -0.25) is 4.79 Å². The quantitative estimate of drug-likeness (QED) is 0.898. The molecule has 1 N–H and O–H groups in total. The maximum absolute atomic E-state index is 11.0. The van der Waals surface area contributed by atoms with Crippen molar-refractivity contribution in [2.75, 3.05) is 6.61 Å². The van der Waals surface area contributed by atoms with E-state index < -0.39 is 5.97 Å². The van der Waals surface area contributed by atoms with Crippen LogP contribution in [0.5, 0.6) is 5.75 Å². The molecule has 0 amide bonds. The highest BCUT2D eigenvalue weighted by Crippen LogP contribution is 2.40. The van der Waals surface area contributed by atoms with Crippen molar-refractivity contribution in [1.82, 2.24) is 0 Å². The Labute approximate surface area is 114 Å². The fraction of sp³-hybridized carbons (Fsp3) is 0.562. The fourth-order valence-electron chi connectivity index (χ4n) is 2.93. The smallest absolute Gasteiger partial charge is 0.306 e. The first-order valence-corrected chi connectivity index (χ1v) is 7.08. The van der Waals surface area contributed by atoms with Crippen LogP contribution < -0.4 is 4.74 Å². The molecule has 104 valence electrons. The van der Waals surface area contributed by atoms with Crippen LogP contribution >= 0.6 is 0 Å². The number of benzene rings is 1. The van der Waals surface area contributed by atoms with Gasteiger partial charge in [0.1, 0.15) is 5.75 Å². The van der Waals surface area contributed by atoms with Crippen molar-refractivity contribution >= 4 is 5.97 Å². The summed E-state index contributed by atoms with van der Waals surface area (Å²) in [7, 11) is 0. The van der Waals surface area contributed by atoms with Gasteiger partial charge in [0.2, 0.25) is 0 Å². The zero-order valence-corrected chi connectivity index (χ0v) is 11.7. The van der Waals surface area contributed by atoms with Crippen LogP contribution in [0.2, 0.25) is 0 Å². The first-order valence-electron chi connectivity index (χ1n) is 7.08.